The third-order valence-electron chi connectivity index (χ3n) is 12.3. The van der Waals surface area contributed by atoms with E-state index in [9.17, 15) is 9.59 Å². The minimum absolute atomic E-state index is 0.393. The Morgan fingerprint density at radius 1 is 0.422 bits per heavy atom. The summed E-state index contributed by atoms with van der Waals surface area (Å²) in [5.74, 6) is 0.393. The zero-order chi connectivity index (χ0) is 45.8. The number of Topliss-reactive ketones (excluding diaryl/α,β-unsaturated/α-hetero) is 1. The zero-order valence-corrected chi connectivity index (χ0v) is 40.9. The van der Waals surface area contributed by atoms with E-state index in [2.05, 4.69) is 104 Å². The maximum absolute atomic E-state index is 12.5. The van der Waals surface area contributed by atoms with Crippen molar-refractivity contribution in [3.05, 3.63) is 137 Å². The van der Waals surface area contributed by atoms with Gasteiger partial charge in [-0.1, -0.05) is 277 Å². The lowest BCUT2D eigenvalue weighted by Crippen LogP contribution is -2.05. The third-order valence-corrected chi connectivity index (χ3v) is 12.3. The Hall–Kier alpha value is -4.27. The normalized spacial score (nSPS) is 10.6. The molecule has 0 amide bonds. The molecule has 0 aliphatic heterocycles. The van der Waals surface area contributed by atoms with Gasteiger partial charge in [-0.2, -0.15) is 0 Å². The smallest absolute Gasteiger partial charge is 0.234 e. The van der Waals surface area contributed by atoms with Crippen LogP contribution in [0.4, 0.5) is 5.69 Å². The van der Waals surface area contributed by atoms with Crippen LogP contribution >= 0.6 is 0 Å². The van der Waals surface area contributed by atoms with Crippen molar-refractivity contribution in [2.75, 3.05) is 12.3 Å². The molecule has 0 saturated carbocycles. The second-order valence-electron chi connectivity index (χ2n) is 18.1. The molecule has 4 aromatic carbocycles. The van der Waals surface area contributed by atoms with E-state index in [1.165, 1.54) is 188 Å². The fraction of sp³-hybridized carbons (Fsp3) is 0.567. The Kier molecular flexibility index (Phi) is 36.2. The van der Waals surface area contributed by atoms with Crippen LogP contribution in [0.1, 0.15) is 221 Å². The van der Waals surface area contributed by atoms with Crippen molar-refractivity contribution in [2.45, 2.75) is 213 Å². The maximum atomic E-state index is 12.5. The fourth-order valence-electron chi connectivity index (χ4n) is 8.30. The predicted octanol–water partition coefficient (Wildman–Crippen LogP) is 17.5. The van der Waals surface area contributed by atoms with E-state index in [1.54, 1.807) is 6.08 Å². The highest BCUT2D eigenvalue weighted by Crippen LogP contribution is 2.19. The van der Waals surface area contributed by atoms with Crippen molar-refractivity contribution in [1.29, 1.82) is 0 Å². The van der Waals surface area contributed by atoms with E-state index in [0.29, 0.717) is 18.7 Å². The average molecular weight is 871 g/mol. The first-order valence-corrected chi connectivity index (χ1v) is 26.1. The Labute approximate surface area is 392 Å². The number of unbranched alkanes of at least 4 members (excludes halogenated alkanes) is 25. The SMILES string of the molecule is CCCCCCCCCCCCCCCCC(=O)Cc1ccccc1Cc1ccccc1.CCCCCCCCCCCCCCCN=C=O.Nc1ccccc1Cc1ccccc1. The van der Waals surface area contributed by atoms with E-state index in [0.717, 1.165) is 37.8 Å². The summed E-state index contributed by atoms with van der Waals surface area (Å²) in [4.78, 5) is 25.9. The number of nitrogens with two attached hydrogens (primary N) is 1. The largest absolute Gasteiger partial charge is 0.398 e. The van der Waals surface area contributed by atoms with Gasteiger partial charge in [-0.3, -0.25) is 4.79 Å². The molecule has 0 spiro atoms. The van der Waals surface area contributed by atoms with Crippen molar-refractivity contribution in [2.24, 2.45) is 4.99 Å². The molecule has 0 aliphatic rings. The first-order chi connectivity index (χ1) is 31.6. The number of benzene rings is 4. The molecular formula is C60H90N2O2. The van der Waals surface area contributed by atoms with Crippen LogP contribution in [0, 0.1) is 0 Å². The van der Waals surface area contributed by atoms with Gasteiger partial charge in [0.05, 0.1) is 6.54 Å². The molecule has 0 saturated heterocycles. The van der Waals surface area contributed by atoms with Crippen LogP contribution in [0.25, 0.3) is 0 Å². The highest BCUT2D eigenvalue weighted by atomic mass is 16.1. The summed E-state index contributed by atoms with van der Waals surface area (Å²) < 4.78 is 0. The summed E-state index contributed by atoms with van der Waals surface area (Å²) in [6.07, 6.45) is 41.3. The molecule has 0 radical (unpaired) electrons. The minimum atomic E-state index is 0.393. The molecule has 0 bridgehead atoms. The fourth-order valence-corrected chi connectivity index (χ4v) is 8.30. The van der Waals surface area contributed by atoms with Gasteiger partial charge in [0, 0.05) is 18.5 Å². The van der Waals surface area contributed by atoms with Gasteiger partial charge in [0.15, 0.2) is 0 Å². The lowest BCUT2D eigenvalue weighted by atomic mass is 9.95. The highest BCUT2D eigenvalue weighted by molar-refractivity contribution is 5.81. The Balaban J connectivity index is 0.000000369. The molecule has 4 aromatic rings. The van der Waals surface area contributed by atoms with Crippen LogP contribution in [0.5, 0.6) is 0 Å². The predicted molar refractivity (Wildman–Crippen MR) is 278 cm³/mol. The van der Waals surface area contributed by atoms with Gasteiger partial charge in [-0.25, -0.2) is 9.79 Å². The van der Waals surface area contributed by atoms with Gasteiger partial charge in [-0.05, 0) is 59.6 Å². The summed E-state index contributed by atoms with van der Waals surface area (Å²) >= 11 is 0. The van der Waals surface area contributed by atoms with E-state index >= 15 is 0 Å². The number of hydrogen-bond donors (Lipinski definition) is 1. The van der Waals surface area contributed by atoms with E-state index in [1.807, 2.05) is 24.3 Å². The molecule has 4 heteroatoms. The molecule has 0 atom stereocenters. The number of para-hydroxylation sites is 1. The molecule has 0 aliphatic carbocycles. The van der Waals surface area contributed by atoms with Crippen LogP contribution in [-0.2, 0) is 28.9 Å². The van der Waals surface area contributed by atoms with Crippen molar-refractivity contribution >= 4 is 17.6 Å². The van der Waals surface area contributed by atoms with Crippen molar-refractivity contribution in [3.8, 4) is 0 Å². The molecule has 352 valence electrons. The molecule has 4 nitrogen and oxygen atoms in total. The molecule has 2 N–H and O–H groups in total. The number of carbonyl (C=O) groups excluding carboxylic acids is 2. The molecule has 0 fully saturated rings. The second kappa shape index (κ2) is 41.4. The summed E-state index contributed by atoms with van der Waals surface area (Å²) in [5.41, 5.74) is 13.0. The van der Waals surface area contributed by atoms with Crippen LogP contribution in [-0.4, -0.2) is 18.4 Å². The Morgan fingerprint density at radius 2 is 0.766 bits per heavy atom. The zero-order valence-electron chi connectivity index (χ0n) is 40.9. The number of nitrogen functional groups attached to an aromatic ring is 1. The van der Waals surface area contributed by atoms with Gasteiger partial charge in [0.25, 0.3) is 0 Å². The van der Waals surface area contributed by atoms with Crippen molar-refractivity contribution in [3.63, 3.8) is 0 Å². The van der Waals surface area contributed by atoms with Gasteiger partial charge in [0.2, 0.25) is 6.08 Å². The molecular weight excluding hydrogens is 781 g/mol. The van der Waals surface area contributed by atoms with Gasteiger partial charge in [0.1, 0.15) is 5.78 Å². The molecule has 0 unspecified atom stereocenters. The highest BCUT2D eigenvalue weighted by Gasteiger charge is 2.09. The van der Waals surface area contributed by atoms with Gasteiger partial charge in [-0.15, -0.1) is 0 Å². The summed E-state index contributed by atoms with van der Waals surface area (Å²) in [6, 6.07) is 37.3. The summed E-state index contributed by atoms with van der Waals surface area (Å²) in [6.45, 7) is 5.22. The lowest BCUT2D eigenvalue weighted by Gasteiger charge is -2.09. The number of hydrogen-bond acceptors (Lipinski definition) is 4. The standard InChI is InChI=1S/C31H46O.C16H31NO.C13H13N/c1-2-3-4-5-6-7-8-9-10-11-12-13-14-18-25-31(32)27-30-24-20-19-23-29(30)26-28-21-16-15-17-22-28;1-2-3-4-5-6-7-8-9-10-11-12-13-14-15-17-16-18;14-13-9-5-4-8-12(13)10-11-6-2-1-3-7-11/h15-17,19-24H,2-14,18,25-27H2,1H3;2-15H2,1H3;1-9H,10,14H2. The van der Waals surface area contributed by atoms with Crippen LogP contribution in [0.2, 0.25) is 0 Å². The molecule has 0 aromatic heterocycles. The van der Waals surface area contributed by atoms with E-state index < -0.39 is 0 Å². The number of isocyanates is 1. The average Bonchev–Trinajstić information content (AvgIpc) is 3.32. The van der Waals surface area contributed by atoms with E-state index in [-0.39, 0.29) is 0 Å². The van der Waals surface area contributed by atoms with Gasteiger partial charge >= 0.3 is 0 Å². The van der Waals surface area contributed by atoms with Crippen molar-refractivity contribution < 1.29 is 9.59 Å². The second-order valence-corrected chi connectivity index (χ2v) is 18.1. The Bertz CT molecular complexity index is 1700. The summed E-state index contributed by atoms with van der Waals surface area (Å²) in [5, 5.41) is 0. The quantitative estimate of drug-likeness (QED) is 0.0217. The van der Waals surface area contributed by atoms with Gasteiger partial charge < -0.3 is 5.73 Å². The first-order valence-electron chi connectivity index (χ1n) is 26.1. The summed E-state index contributed by atoms with van der Waals surface area (Å²) in [7, 11) is 0. The number of nitrogens with zero attached hydrogens (tertiary/aromatic N) is 1. The molecule has 0 heterocycles. The minimum Gasteiger partial charge on any atom is -0.398 e. The number of rotatable bonds is 35. The lowest BCUT2D eigenvalue weighted by molar-refractivity contribution is -0.118. The molecule has 64 heavy (non-hydrogen) atoms. The first kappa shape index (κ1) is 55.9. The monoisotopic (exact) mass is 871 g/mol. The number of aliphatic imine (C=N–C) groups is 1. The third kappa shape index (κ3) is 31.6. The topological polar surface area (TPSA) is 72.5 Å². The van der Waals surface area contributed by atoms with Crippen LogP contribution in [0.3, 0.4) is 0 Å². The van der Waals surface area contributed by atoms with Crippen molar-refractivity contribution in [1.82, 2.24) is 0 Å². The van der Waals surface area contributed by atoms with E-state index in [4.69, 9.17) is 5.73 Å². The van der Waals surface area contributed by atoms with Crippen LogP contribution in [0.15, 0.2) is 114 Å². The Morgan fingerprint density at radius 3 is 1.19 bits per heavy atom. The number of ketones is 1. The molecule has 4 rings (SSSR count). The van der Waals surface area contributed by atoms with Crippen LogP contribution < -0.4 is 5.73 Å². The number of anilines is 1. The number of carbonyl (C=O) groups is 1. The maximum Gasteiger partial charge on any atom is 0.234 e.